The molecule has 1 N–H and O–H groups in total. The summed E-state index contributed by atoms with van der Waals surface area (Å²) in [6.45, 7) is 4.68. The molecule has 0 amide bonds. The Morgan fingerprint density at radius 3 is 3.11 bits per heavy atom. The summed E-state index contributed by atoms with van der Waals surface area (Å²) < 4.78 is 1.91. The maximum atomic E-state index is 3.98. The molecule has 1 aromatic rings. The van der Waals surface area contributed by atoms with E-state index in [0.29, 0.717) is 0 Å². The molecule has 3 rings (SSSR count). The molecule has 3 heterocycles. The molecule has 0 saturated carbocycles. The number of hydrogen-bond donors (Lipinski definition) is 1. The number of aryl methyl sites for hydroxylation is 1. The summed E-state index contributed by atoms with van der Waals surface area (Å²) in [6.07, 6.45) is 10.3. The minimum atomic E-state index is 0.723. The molecule has 2 aliphatic rings. The second kappa shape index (κ2) is 5.80. The van der Waals surface area contributed by atoms with Crippen LogP contribution in [-0.2, 0) is 6.54 Å². The fraction of sp³-hybridized carbons (Fsp3) is 0.846. The van der Waals surface area contributed by atoms with Gasteiger partial charge in [-0.05, 0) is 38.8 Å². The first-order valence-electron chi connectivity index (χ1n) is 7.25. The Balaban J connectivity index is 1.38. The molecule has 18 heavy (non-hydrogen) atoms. The van der Waals surface area contributed by atoms with Crippen molar-refractivity contribution >= 4 is 0 Å². The maximum Gasteiger partial charge on any atom is 0.0692 e. The van der Waals surface area contributed by atoms with Gasteiger partial charge in [0.2, 0.25) is 0 Å². The molecule has 0 radical (unpaired) electrons. The Morgan fingerprint density at radius 2 is 2.22 bits per heavy atom. The van der Waals surface area contributed by atoms with Gasteiger partial charge in [-0.3, -0.25) is 9.58 Å². The lowest BCUT2D eigenvalue weighted by Crippen LogP contribution is -2.45. The molecule has 0 aromatic carbocycles. The van der Waals surface area contributed by atoms with Gasteiger partial charge < -0.3 is 5.32 Å². The molecule has 2 aliphatic heterocycles. The minimum Gasteiger partial charge on any atom is -0.312 e. The first-order valence-corrected chi connectivity index (χ1v) is 7.25. The second-order valence-electron chi connectivity index (χ2n) is 5.47. The zero-order valence-corrected chi connectivity index (χ0v) is 11.0. The molecule has 0 aliphatic carbocycles. The molecular weight excluding hydrogens is 226 g/mol. The van der Waals surface area contributed by atoms with Gasteiger partial charge in [-0.15, -0.1) is 5.10 Å². The van der Waals surface area contributed by atoms with Crippen LogP contribution in [0.4, 0.5) is 0 Å². The van der Waals surface area contributed by atoms with Crippen LogP contribution in [0.5, 0.6) is 0 Å². The van der Waals surface area contributed by atoms with Gasteiger partial charge in [0.25, 0.3) is 0 Å². The van der Waals surface area contributed by atoms with E-state index < -0.39 is 0 Å². The van der Waals surface area contributed by atoms with Crippen molar-refractivity contribution in [2.45, 2.75) is 50.7 Å². The third-order valence-electron chi connectivity index (χ3n) is 4.30. The Morgan fingerprint density at radius 1 is 1.22 bits per heavy atom. The van der Waals surface area contributed by atoms with Crippen LogP contribution in [0.2, 0.25) is 0 Å². The van der Waals surface area contributed by atoms with Crippen LogP contribution in [0.15, 0.2) is 12.4 Å². The average molecular weight is 249 g/mol. The van der Waals surface area contributed by atoms with E-state index in [1.54, 1.807) is 6.20 Å². The lowest BCUT2D eigenvalue weighted by molar-refractivity contribution is 0.180. The highest BCUT2D eigenvalue weighted by atomic mass is 15.4. The van der Waals surface area contributed by atoms with Gasteiger partial charge in [-0.1, -0.05) is 11.6 Å². The van der Waals surface area contributed by atoms with E-state index in [9.17, 15) is 0 Å². The topological polar surface area (TPSA) is 46.0 Å². The fourth-order valence-corrected chi connectivity index (χ4v) is 3.37. The summed E-state index contributed by atoms with van der Waals surface area (Å²) >= 11 is 0. The minimum absolute atomic E-state index is 0.723. The Labute approximate surface area is 109 Å². The van der Waals surface area contributed by atoms with Crippen LogP contribution < -0.4 is 5.32 Å². The standard InChI is InChI=1S/C13H23N5/c1-2-8-17-10-5-12(13(17)4-1)14-6-3-9-18-11-7-15-16-18/h7,11-14H,1-6,8-10H2. The molecule has 5 nitrogen and oxygen atoms in total. The van der Waals surface area contributed by atoms with Crippen LogP contribution in [-0.4, -0.2) is 51.6 Å². The Hall–Kier alpha value is -0.940. The van der Waals surface area contributed by atoms with E-state index in [4.69, 9.17) is 0 Å². The van der Waals surface area contributed by atoms with Crippen molar-refractivity contribution in [3.05, 3.63) is 12.4 Å². The van der Waals surface area contributed by atoms with Crippen molar-refractivity contribution in [3.8, 4) is 0 Å². The highest BCUT2D eigenvalue weighted by Crippen LogP contribution is 2.26. The summed E-state index contributed by atoms with van der Waals surface area (Å²) in [6, 6.07) is 1.53. The lowest BCUT2D eigenvalue weighted by Gasteiger charge is -2.32. The zero-order chi connectivity index (χ0) is 12.2. The summed E-state index contributed by atoms with van der Waals surface area (Å²) in [4.78, 5) is 2.68. The van der Waals surface area contributed by atoms with Crippen LogP contribution in [0.25, 0.3) is 0 Å². The van der Waals surface area contributed by atoms with Crippen molar-refractivity contribution in [3.63, 3.8) is 0 Å². The number of fused-ring (bicyclic) bond motifs is 1. The van der Waals surface area contributed by atoms with Gasteiger partial charge in [0.15, 0.2) is 0 Å². The fourth-order valence-electron chi connectivity index (χ4n) is 3.37. The van der Waals surface area contributed by atoms with E-state index in [1.807, 2.05) is 10.9 Å². The quantitative estimate of drug-likeness (QED) is 0.787. The highest BCUT2D eigenvalue weighted by Gasteiger charge is 2.34. The largest absolute Gasteiger partial charge is 0.312 e. The van der Waals surface area contributed by atoms with Gasteiger partial charge in [0.05, 0.1) is 6.20 Å². The van der Waals surface area contributed by atoms with Crippen molar-refractivity contribution in [2.24, 2.45) is 0 Å². The maximum absolute atomic E-state index is 3.98. The van der Waals surface area contributed by atoms with E-state index in [2.05, 4.69) is 20.5 Å². The van der Waals surface area contributed by atoms with Crippen LogP contribution in [0.1, 0.15) is 32.1 Å². The average Bonchev–Trinajstić information content (AvgIpc) is 3.04. The van der Waals surface area contributed by atoms with Crippen molar-refractivity contribution in [2.75, 3.05) is 19.6 Å². The highest BCUT2D eigenvalue weighted by molar-refractivity contribution is 4.93. The first kappa shape index (κ1) is 12.1. The van der Waals surface area contributed by atoms with Crippen molar-refractivity contribution in [1.29, 1.82) is 0 Å². The van der Waals surface area contributed by atoms with Gasteiger partial charge >= 0.3 is 0 Å². The molecule has 2 unspecified atom stereocenters. The number of nitrogens with zero attached hydrogens (tertiary/aromatic N) is 4. The number of rotatable bonds is 5. The summed E-state index contributed by atoms with van der Waals surface area (Å²) in [5.74, 6) is 0. The third kappa shape index (κ3) is 2.72. The predicted molar refractivity (Wildman–Crippen MR) is 70.3 cm³/mol. The number of aromatic nitrogens is 3. The van der Waals surface area contributed by atoms with E-state index in [-0.39, 0.29) is 0 Å². The number of nitrogens with one attached hydrogen (secondary N) is 1. The van der Waals surface area contributed by atoms with Crippen LogP contribution in [0, 0.1) is 0 Å². The van der Waals surface area contributed by atoms with Crippen LogP contribution >= 0.6 is 0 Å². The Bertz CT molecular complexity index is 350. The summed E-state index contributed by atoms with van der Waals surface area (Å²) in [5, 5.41) is 11.5. The van der Waals surface area contributed by atoms with Gasteiger partial charge in [-0.25, -0.2) is 0 Å². The second-order valence-corrected chi connectivity index (χ2v) is 5.47. The third-order valence-corrected chi connectivity index (χ3v) is 4.30. The molecule has 100 valence electrons. The number of piperidine rings is 1. The molecule has 2 fully saturated rings. The summed E-state index contributed by atoms with van der Waals surface area (Å²) in [7, 11) is 0. The lowest BCUT2D eigenvalue weighted by atomic mass is 9.99. The van der Waals surface area contributed by atoms with E-state index >= 15 is 0 Å². The van der Waals surface area contributed by atoms with Crippen molar-refractivity contribution < 1.29 is 0 Å². The van der Waals surface area contributed by atoms with Crippen molar-refractivity contribution in [1.82, 2.24) is 25.2 Å². The first-order chi connectivity index (χ1) is 8.93. The van der Waals surface area contributed by atoms with E-state index in [1.165, 1.54) is 38.8 Å². The smallest absolute Gasteiger partial charge is 0.0692 e. The molecular formula is C13H23N5. The van der Waals surface area contributed by atoms with Crippen LogP contribution in [0.3, 0.4) is 0 Å². The summed E-state index contributed by atoms with van der Waals surface area (Å²) in [5.41, 5.74) is 0. The predicted octanol–water partition coefficient (Wildman–Crippen LogP) is 0.885. The molecule has 2 saturated heterocycles. The molecule has 5 heteroatoms. The monoisotopic (exact) mass is 249 g/mol. The SMILES string of the molecule is c1cn(CCCNC2CCN3CCCCC23)nn1. The molecule has 2 atom stereocenters. The molecule has 1 aromatic heterocycles. The van der Waals surface area contributed by atoms with Gasteiger partial charge in [0, 0.05) is 31.4 Å². The zero-order valence-electron chi connectivity index (χ0n) is 11.0. The van der Waals surface area contributed by atoms with Gasteiger partial charge in [-0.2, -0.15) is 0 Å². The van der Waals surface area contributed by atoms with E-state index in [0.717, 1.165) is 31.6 Å². The normalized spacial score (nSPS) is 28.4. The number of hydrogen-bond acceptors (Lipinski definition) is 4. The molecule has 0 bridgehead atoms. The molecule has 0 spiro atoms. The Kier molecular flexibility index (Phi) is 3.90. The van der Waals surface area contributed by atoms with Gasteiger partial charge in [0.1, 0.15) is 0 Å².